The van der Waals surface area contributed by atoms with Gasteiger partial charge in [-0.3, -0.25) is 5.32 Å². The van der Waals surface area contributed by atoms with Gasteiger partial charge < -0.3 is 24.7 Å². The van der Waals surface area contributed by atoms with Crippen LogP contribution in [0, 0.1) is 0 Å². The Labute approximate surface area is 230 Å². The van der Waals surface area contributed by atoms with Crippen LogP contribution in [0.25, 0.3) is 22.2 Å². The minimum absolute atomic E-state index is 0.00596. The molecule has 0 spiro atoms. The number of H-pyrrole nitrogens is 1. The Kier molecular flexibility index (Phi) is 7.96. The Hall–Kier alpha value is -3.55. The van der Waals surface area contributed by atoms with Crippen molar-refractivity contribution in [1.82, 2.24) is 19.9 Å². The second kappa shape index (κ2) is 10.9. The SMILES string of the molecule is COC(=O)Nc1ccc2c(-c3nc(NC4CCCN(C(=O)OC(C)(C)C)C4)ncc3C(F)(F)F)c[nH]c2c1Br. The summed E-state index contributed by atoms with van der Waals surface area (Å²) in [5, 5.41) is 6.07. The Morgan fingerprint density at radius 3 is 2.64 bits per heavy atom. The zero-order valence-corrected chi connectivity index (χ0v) is 23.3. The molecule has 0 bridgehead atoms. The number of methoxy groups -OCH3 is 1. The summed E-state index contributed by atoms with van der Waals surface area (Å²) in [6, 6.07) is 2.84. The lowest BCUT2D eigenvalue weighted by Gasteiger charge is -2.34. The normalized spacial score (nSPS) is 16.2. The molecular weight excluding hydrogens is 585 g/mol. The number of benzene rings is 1. The highest BCUT2D eigenvalue weighted by Crippen LogP contribution is 2.41. The lowest BCUT2D eigenvalue weighted by atomic mass is 10.0. The van der Waals surface area contributed by atoms with Crippen molar-refractivity contribution in [2.45, 2.75) is 51.4 Å². The van der Waals surface area contributed by atoms with E-state index in [-0.39, 0.29) is 23.2 Å². The van der Waals surface area contributed by atoms with E-state index in [1.54, 1.807) is 37.8 Å². The van der Waals surface area contributed by atoms with Crippen molar-refractivity contribution >= 4 is 50.7 Å². The predicted octanol–water partition coefficient (Wildman–Crippen LogP) is 6.40. The number of likely N-dealkylation sites (tertiary alicyclic amines) is 1. The maximum Gasteiger partial charge on any atom is 0.419 e. The number of nitrogens with zero attached hydrogens (tertiary/aromatic N) is 3. The quantitative estimate of drug-likeness (QED) is 0.312. The number of carbonyl (C=O) groups excluding carboxylic acids is 2. The summed E-state index contributed by atoms with van der Waals surface area (Å²) in [5.41, 5.74) is -0.927. The maximum atomic E-state index is 14.0. The molecule has 2 aromatic heterocycles. The standard InChI is InChI=1S/C25H28BrF3N6O4/c1-24(2,3)39-23(37)35-9-5-6-13(12-35)32-21-31-11-16(25(27,28)29)19(34-21)15-10-30-20-14(15)7-8-17(18(20)26)33-22(36)38-4/h7-8,10-11,13,30H,5-6,9,12H2,1-4H3,(H,33,36)(H,31,32,34). The minimum atomic E-state index is -4.71. The minimum Gasteiger partial charge on any atom is -0.453 e. The number of carbonyl (C=O) groups is 2. The molecule has 1 atom stereocenters. The lowest BCUT2D eigenvalue weighted by molar-refractivity contribution is -0.137. The van der Waals surface area contributed by atoms with Crippen molar-refractivity contribution in [3.05, 3.63) is 34.6 Å². The summed E-state index contributed by atoms with van der Waals surface area (Å²) < 4.78 is 52.5. The maximum absolute atomic E-state index is 14.0. The first kappa shape index (κ1) is 28.5. The number of rotatable bonds is 4. The first-order valence-corrected chi connectivity index (χ1v) is 12.9. The van der Waals surface area contributed by atoms with Gasteiger partial charge in [0, 0.05) is 42.5 Å². The van der Waals surface area contributed by atoms with Crippen LogP contribution in [0.3, 0.4) is 0 Å². The summed E-state index contributed by atoms with van der Waals surface area (Å²) in [5.74, 6) is 0.00596. The summed E-state index contributed by atoms with van der Waals surface area (Å²) >= 11 is 3.39. The van der Waals surface area contributed by atoms with Crippen LogP contribution < -0.4 is 10.6 Å². The van der Waals surface area contributed by atoms with Gasteiger partial charge in [0.25, 0.3) is 0 Å². The zero-order chi connectivity index (χ0) is 28.5. The van der Waals surface area contributed by atoms with Gasteiger partial charge in [0.2, 0.25) is 5.95 Å². The molecule has 0 radical (unpaired) electrons. The van der Waals surface area contributed by atoms with Crippen LogP contribution in [0.15, 0.2) is 29.0 Å². The second-order valence-corrected chi connectivity index (χ2v) is 10.8. The van der Waals surface area contributed by atoms with Crippen molar-refractivity contribution in [3.63, 3.8) is 0 Å². The van der Waals surface area contributed by atoms with E-state index in [0.29, 0.717) is 47.0 Å². The fourth-order valence-corrected chi connectivity index (χ4v) is 4.81. The van der Waals surface area contributed by atoms with Crippen molar-refractivity contribution in [2.75, 3.05) is 30.8 Å². The molecule has 3 aromatic rings. The number of alkyl halides is 3. The van der Waals surface area contributed by atoms with Gasteiger partial charge in [-0.2, -0.15) is 13.2 Å². The molecule has 39 heavy (non-hydrogen) atoms. The van der Waals surface area contributed by atoms with Crippen molar-refractivity contribution in [2.24, 2.45) is 0 Å². The molecule has 1 saturated heterocycles. The predicted molar refractivity (Wildman–Crippen MR) is 143 cm³/mol. The van der Waals surface area contributed by atoms with E-state index in [9.17, 15) is 22.8 Å². The molecule has 210 valence electrons. The zero-order valence-electron chi connectivity index (χ0n) is 21.7. The number of anilines is 2. The molecule has 4 rings (SSSR count). The Bertz CT molecular complexity index is 1390. The molecule has 1 aromatic carbocycles. The molecule has 2 amide bonds. The number of nitrogens with one attached hydrogen (secondary N) is 3. The Morgan fingerprint density at radius 2 is 1.97 bits per heavy atom. The van der Waals surface area contributed by atoms with Crippen molar-refractivity contribution < 1.29 is 32.2 Å². The van der Waals surface area contributed by atoms with Crippen LogP contribution in [0.5, 0.6) is 0 Å². The Morgan fingerprint density at radius 1 is 1.23 bits per heavy atom. The van der Waals surface area contributed by atoms with Crippen LogP contribution >= 0.6 is 15.9 Å². The van der Waals surface area contributed by atoms with E-state index in [1.165, 1.54) is 13.3 Å². The first-order valence-electron chi connectivity index (χ1n) is 12.1. The van der Waals surface area contributed by atoms with Gasteiger partial charge in [0.15, 0.2) is 0 Å². The Balaban J connectivity index is 1.65. The van der Waals surface area contributed by atoms with Crippen LogP contribution in [0.4, 0.5) is 34.4 Å². The van der Waals surface area contributed by atoms with Crippen LogP contribution in [-0.4, -0.2) is 63.9 Å². The van der Waals surface area contributed by atoms with Crippen molar-refractivity contribution in [1.29, 1.82) is 0 Å². The van der Waals surface area contributed by atoms with Gasteiger partial charge in [0.05, 0.1) is 28.5 Å². The fourth-order valence-electron chi connectivity index (χ4n) is 4.25. The number of ether oxygens (including phenoxy) is 2. The molecule has 0 saturated carbocycles. The number of piperidine rings is 1. The number of hydrogen-bond donors (Lipinski definition) is 3. The number of hydrogen-bond acceptors (Lipinski definition) is 7. The topological polar surface area (TPSA) is 121 Å². The third-order valence-corrected chi connectivity index (χ3v) is 6.79. The molecular formula is C25H28BrF3N6O4. The molecule has 3 heterocycles. The average molecular weight is 613 g/mol. The van der Waals surface area contributed by atoms with E-state index in [2.05, 4.69) is 46.3 Å². The van der Waals surface area contributed by atoms with Gasteiger partial charge in [-0.25, -0.2) is 19.6 Å². The second-order valence-electron chi connectivity index (χ2n) is 10.0. The average Bonchev–Trinajstić information content (AvgIpc) is 3.29. The monoisotopic (exact) mass is 612 g/mol. The highest BCUT2D eigenvalue weighted by Gasteiger charge is 2.36. The van der Waals surface area contributed by atoms with Gasteiger partial charge >= 0.3 is 18.4 Å². The van der Waals surface area contributed by atoms with Gasteiger partial charge in [0.1, 0.15) is 11.2 Å². The van der Waals surface area contributed by atoms with Crippen LogP contribution in [0.1, 0.15) is 39.2 Å². The molecule has 14 heteroatoms. The smallest absolute Gasteiger partial charge is 0.419 e. The van der Waals surface area contributed by atoms with E-state index >= 15 is 0 Å². The third kappa shape index (κ3) is 6.54. The molecule has 0 aliphatic carbocycles. The highest BCUT2D eigenvalue weighted by atomic mass is 79.9. The van der Waals surface area contributed by atoms with E-state index < -0.39 is 29.5 Å². The van der Waals surface area contributed by atoms with E-state index in [1.807, 2.05) is 0 Å². The molecule has 10 nitrogen and oxygen atoms in total. The highest BCUT2D eigenvalue weighted by molar-refractivity contribution is 9.10. The summed E-state index contributed by atoms with van der Waals surface area (Å²) in [6.07, 6.45) is -2.32. The first-order chi connectivity index (χ1) is 18.3. The number of aromatic amines is 1. The van der Waals surface area contributed by atoms with E-state index in [0.717, 1.165) is 6.20 Å². The summed E-state index contributed by atoms with van der Waals surface area (Å²) in [4.78, 5) is 36.9. The molecule has 1 fully saturated rings. The number of fused-ring (bicyclic) bond motifs is 1. The van der Waals surface area contributed by atoms with Gasteiger partial charge in [-0.15, -0.1) is 0 Å². The summed E-state index contributed by atoms with van der Waals surface area (Å²) in [6.45, 7) is 6.15. The van der Waals surface area contributed by atoms with Crippen LogP contribution in [0.2, 0.25) is 0 Å². The van der Waals surface area contributed by atoms with Crippen LogP contribution in [-0.2, 0) is 15.7 Å². The van der Waals surface area contributed by atoms with Gasteiger partial charge in [-0.05, 0) is 55.6 Å². The van der Waals surface area contributed by atoms with Gasteiger partial charge in [-0.1, -0.05) is 6.07 Å². The lowest BCUT2D eigenvalue weighted by Crippen LogP contribution is -2.47. The molecule has 3 N–H and O–H groups in total. The number of halogens is 4. The third-order valence-electron chi connectivity index (χ3n) is 5.97. The number of amides is 2. The molecule has 1 aliphatic heterocycles. The molecule has 1 unspecified atom stereocenters. The molecule has 1 aliphatic rings. The summed E-state index contributed by atoms with van der Waals surface area (Å²) in [7, 11) is 1.22. The largest absolute Gasteiger partial charge is 0.453 e. The van der Waals surface area contributed by atoms with E-state index in [4.69, 9.17) is 4.74 Å². The number of aromatic nitrogens is 3. The van der Waals surface area contributed by atoms with Crippen molar-refractivity contribution in [3.8, 4) is 11.3 Å². The fraction of sp³-hybridized carbons (Fsp3) is 0.440.